The summed E-state index contributed by atoms with van der Waals surface area (Å²) >= 11 is 1.45. The summed E-state index contributed by atoms with van der Waals surface area (Å²) in [6.45, 7) is 0. The number of H-pyrrole nitrogens is 1. The maximum absolute atomic E-state index is 10.8. The summed E-state index contributed by atoms with van der Waals surface area (Å²) in [4.78, 5) is 22.3. The van der Waals surface area contributed by atoms with Gasteiger partial charge in [-0.05, 0) is 18.2 Å². The van der Waals surface area contributed by atoms with Crippen LogP contribution in [-0.2, 0) is 0 Å². The van der Waals surface area contributed by atoms with Crippen molar-refractivity contribution in [2.45, 2.75) is 0 Å². The molecule has 8 heteroatoms. The Morgan fingerprint density at radius 2 is 2.18 bits per heavy atom. The van der Waals surface area contributed by atoms with Crippen LogP contribution in [0.4, 0.5) is 5.69 Å². The molecule has 0 radical (unpaired) electrons. The van der Waals surface area contributed by atoms with Gasteiger partial charge in [0.2, 0.25) is 0 Å². The first-order valence-electron chi connectivity index (χ1n) is 6.34. The van der Waals surface area contributed by atoms with Crippen LogP contribution in [-0.4, -0.2) is 19.9 Å². The molecule has 0 atom stereocenters. The number of benzene rings is 1. The van der Waals surface area contributed by atoms with Crippen molar-refractivity contribution in [3.05, 3.63) is 52.1 Å². The van der Waals surface area contributed by atoms with Crippen molar-refractivity contribution < 1.29 is 9.34 Å². The number of nitrogens with one attached hydrogen (secondary N) is 1. The molecule has 3 heterocycles. The fourth-order valence-electron chi connectivity index (χ4n) is 2.13. The highest BCUT2D eigenvalue weighted by Gasteiger charge is 2.14. The van der Waals surface area contributed by atoms with Gasteiger partial charge in [0.1, 0.15) is 5.69 Å². The Hall–Kier alpha value is -3.00. The second-order valence-electron chi connectivity index (χ2n) is 4.56. The highest BCUT2D eigenvalue weighted by molar-refractivity contribution is 7.13. The molecule has 0 saturated heterocycles. The Kier molecular flexibility index (Phi) is 2.76. The van der Waals surface area contributed by atoms with Gasteiger partial charge in [-0.1, -0.05) is 0 Å². The molecule has 0 amide bonds. The van der Waals surface area contributed by atoms with Gasteiger partial charge < -0.3 is 9.40 Å². The van der Waals surface area contributed by atoms with Gasteiger partial charge in [0.25, 0.3) is 5.69 Å². The smallest absolute Gasteiger partial charge is 0.271 e. The molecule has 0 saturated carbocycles. The zero-order chi connectivity index (χ0) is 15.1. The van der Waals surface area contributed by atoms with Crippen molar-refractivity contribution >= 4 is 28.1 Å². The quantitative estimate of drug-likeness (QED) is 0.457. The molecule has 0 aliphatic heterocycles. The molecule has 3 aromatic heterocycles. The Labute approximate surface area is 127 Å². The average Bonchev–Trinajstić information content (AvgIpc) is 3.24. The van der Waals surface area contributed by atoms with Crippen molar-refractivity contribution in [2.75, 3.05) is 0 Å². The molecule has 0 spiro atoms. The zero-order valence-electron chi connectivity index (χ0n) is 11.0. The number of imidazole rings is 1. The first-order chi connectivity index (χ1) is 10.7. The highest BCUT2D eigenvalue weighted by Crippen LogP contribution is 2.29. The summed E-state index contributed by atoms with van der Waals surface area (Å²) in [6, 6.07) is 8.16. The largest absolute Gasteiger partial charge is 0.462 e. The number of nitro groups is 1. The molecule has 1 aromatic carbocycles. The third-order valence-electron chi connectivity index (χ3n) is 3.16. The number of fused-ring (bicyclic) bond motifs is 1. The highest BCUT2D eigenvalue weighted by atomic mass is 32.1. The minimum absolute atomic E-state index is 0.0252. The van der Waals surface area contributed by atoms with Gasteiger partial charge in [-0.3, -0.25) is 10.1 Å². The van der Waals surface area contributed by atoms with Crippen LogP contribution in [0.25, 0.3) is 33.3 Å². The molecule has 0 fully saturated rings. The number of nitro benzene ring substituents is 1. The molecule has 4 aromatic rings. The molecule has 7 nitrogen and oxygen atoms in total. The summed E-state index contributed by atoms with van der Waals surface area (Å²) in [5, 5.41) is 13.4. The lowest BCUT2D eigenvalue weighted by atomic mass is 10.3. The lowest BCUT2D eigenvalue weighted by molar-refractivity contribution is -0.384. The molecule has 0 unspecified atom stereocenters. The number of aromatic nitrogens is 3. The van der Waals surface area contributed by atoms with Crippen LogP contribution < -0.4 is 0 Å². The third-order valence-corrected chi connectivity index (χ3v) is 4.01. The zero-order valence-corrected chi connectivity index (χ0v) is 11.8. The van der Waals surface area contributed by atoms with E-state index < -0.39 is 4.92 Å². The van der Waals surface area contributed by atoms with Gasteiger partial charge >= 0.3 is 0 Å². The van der Waals surface area contributed by atoms with Gasteiger partial charge in [-0.2, -0.15) is 0 Å². The first-order valence-corrected chi connectivity index (χ1v) is 7.22. The number of hydrogen-bond donors (Lipinski definition) is 1. The van der Waals surface area contributed by atoms with E-state index in [9.17, 15) is 10.1 Å². The van der Waals surface area contributed by atoms with E-state index >= 15 is 0 Å². The Bertz CT molecular complexity index is 971. The summed E-state index contributed by atoms with van der Waals surface area (Å²) in [5.74, 6) is 1.27. The lowest BCUT2D eigenvalue weighted by Gasteiger charge is -1.89. The van der Waals surface area contributed by atoms with E-state index in [0.717, 1.165) is 5.01 Å². The average molecular weight is 312 g/mol. The third kappa shape index (κ3) is 2.06. The van der Waals surface area contributed by atoms with Crippen molar-refractivity contribution in [2.24, 2.45) is 0 Å². The molecule has 0 aliphatic carbocycles. The molecular formula is C14H8N4O3S. The van der Waals surface area contributed by atoms with Crippen molar-refractivity contribution in [1.82, 2.24) is 15.0 Å². The number of aromatic amines is 1. The van der Waals surface area contributed by atoms with Gasteiger partial charge in [-0.25, -0.2) is 9.97 Å². The van der Waals surface area contributed by atoms with Gasteiger partial charge in [0.05, 0.1) is 22.2 Å². The molecule has 0 aliphatic rings. The normalized spacial score (nSPS) is 11.1. The maximum Gasteiger partial charge on any atom is 0.271 e. The Morgan fingerprint density at radius 1 is 1.27 bits per heavy atom. The van der Waals surface area contributed by atoms with Crippen LogP contribution in [0.15, 0.2) is 46.4 Å². The second-order valence-corrected chi connectivity index (χ2v) is 5.42. The SMILES string of the molecule is O=[N+]([O-])c1ccc2nc(-c3csc(-c4ccco4)n3)[nH]c2c1. The molecule has 0 bridgehead atoms. The van der Waals surface area contributed by atoms with Crippen LogP contribution in [0.3, 0.4) is 0 Å². The number of nitrogens with zero attached hydrogens (tertiary/aromatic N) is 3. The number of thiazole rings is 1. The van der Waals surface area contributed by atoms with E-state index in [-0.39, 0.29) is 5.69 Å². The van der Waals surface area contributed by atoms with Crippen LogP contribution in [0.5, 0.6) is 0 Å². The molecule has 4 rings (SSSR count). The Morgan fingerprint density at radius 3 is 2.95 bits per heavy atom. The van der Waals surface area contributed by atoms with E-state index in [1.54, 1.807) is 18.4 Å². The van der Waals surface area contributed by atoms with Gasteiger partial charge in [-0.15, -0.1) is 11.3 Å². The van der Waals surface area contributed by atoms with E-state index in [2.05, 4.69) is 15.0 Å². The van der Waals surface area contributed by atoms with Crippen LogP contribution in [0.1, 0.15) is 0 Å². The van der Waals surface area contributed by atoms with E-state index in [0.29, 0.717) is 28.3 Å². The molecule has 1 N–H and O–H groups in total. The number of hydrogen-bond acceptors (Lipinski definition) is 6. The number of non-ortho nitro benzene ring substituents is 1. The fourth-order valence-corrected chi connectivity index (χ4v) is 2.90. The maximum atomic E-state index is 10.8. The predicted octanol–water partition coefficient (Wildman–Crippen LogP) is 3.85. The fraction of sp³-hybridized carbons (Fsp3) is 0. The van der Waals surface area contributed by atoms with E-state index in [4.69, 9.17) is 4.42 Å². The Balaban J connectivity index is 1.76. The molecule has 22 heavy (non-hydrogen) atoms. The minimum Gasteiger partial charge on any atom is -0.462 e. The second kappa shape index (κ2) is 4.78. The van der Waals surface area contributed by atoms with Gasteiger partial charge in [0, 0.05) is 17.5 Å². The van der Waals surface area contributed by atoms with E-state index in [1.165, 1.54) is 23.5 Å². The first kappa shape index (κ1) is 12.7. The summed E-state index contributed by atoms with van der Waals surface area (Å²) in [5.41, 5.74) is 1.97. The predicted molar refractivity (Wildman–Crippen MR) is 81.6 cm³/mol. The van der Waals surface area contributed by atoms with Gasteiger partial charge in [0.15, 0.2) is 16.6 Å². The van der Waals surface area contributed by atoms with E-state index in [1.807, 2.05) is 11.4 Å². The van der Waals surface area contributed by atoms with Crippen molar-refractivity contribution in [1.29, 1.82) is 0 Å². The van der Waals surface area contributed by atoms with Crippen molar-refractivity contribution in [3.8, 4) is 22.3 Å². The van der Waals surface area contributed by atoms with Crippen molar-refractivity contribution in [3.63, 3.8) is 0 Å². The van der Waals surface area contributed by atoms with Crippen LogP contribution in [0.2, 0.25) is 0 Å². The van der Waals surface area contributed by atoms with Crippen LogP contribution >= 0.6 is 11.3 Å². The number of furan rings is 1. The summed E-state index contributed by atoms with van der Waals surface area (Å²) in [6.07, 6.45) is 1.59. The summed E-state index contributed by atoms with van der Waals surface area (Å²) in [7, 11) is 0. The lowest BCUT2D eigenvalue weighted by Crippen LogP contribution is -1.86. The molecule has 108 valence electrons. The summed E-state index contributed by atoms with van der Waals surface area (Å²) < 4.78 is 5.31. The number of rotatable bonds is 3. The minimum atomic E-state index is -0.433. The standard InChI is InChI=1S/C14H8N4O3S/c19-18(20)8-3-4-9-10(6-8)16-13(15-9)11-7-22-14(17-11)12-2-1-5-21-12/h1-7H,(H,15,16). The monoisotopic (exact) mass is 312 g/mol. The van der Waals surface area contributed by atoms with Crippen LogP contribution in [0, 0.1) is 10.1 Å². The topological polar surface area (TPSA) is 97.8 Å². The molecular weight excluding hydrogens is 304 g/mol.